The molecular weight excluding hydrogens is 441 g/mol. The van der Waals surface area contributed by atoms with E-state index in [1.165, 1.54) is 30.5 Å². The molecule has 1 aliphatic carbocycles. The number of hydrogen-bond acceptors (Lipinski definition) is 6. The first kappa shape index (κ1) is 22.8. The predicted molar refractivity (Wildman–Crippen MR) is 110 cm³/mol. The Kier molecular flexibility index (Phi) is 6.39. The van der Waals surface area contributed by atoms with E-state index in [9.17, 15) is 22.8 Å². The Morgan fingerprint density at radius 3 is 2.52 bits per heavy atom. The Morgan fingerprint density at radius 2 is 1.88 bits per heavy atom. The standard InChI is InChI=1S/C22H23F3N4O4/c23-22(24,25)33-18-3-1-16(2-4-18)29-12-9-21(19(29)30)7-5-17(6-8-21)32-20(31)28-14-15-13-26-10-11-27-15/h1-4,10-11,13,17H,5-9,12,14H2,(H,28,31)/t17-,21-. The molecule has 1 spiro atoms. The van der Waals surface area contributed by atoms with Crippen molar-refractivity contribution in [2.45, 2.75) is 51.1 Å². The van der Waals surface area contributed by atoms with Crippen molar-refractivity contribution in [3.8, 4) is 5.75 Å². The van der Waals surface area contributed by atoms with Gasteiger partial charge in [0.05, 0.1) is 23.9 Å². The Labute approximate surface area is 188 Å². The molecule has 8 nitrogen and oxygen atoms in total. The number of alkyl carbamates (subject to hydrolysis) is 1. The molecule has 0 bridgehead atoms. The van der Waals surface area contributed by atoms with Crippen LogP contribution >= 0.6 is 0 Å². The first-order chi connectivity index (χ1) is 15.7. The van der Waals surface area contributed by atoms with Gasteiger partial charge in [-0.25, -0.2) is 4.79 Å². The molecule has 33 heavy (non-hydrogen) atoms. The normalized spacial score (nSPS) is 22.9. The summed E-state index contributed by atoms with van der Waals surface area (Å²) >= 11 is 0. The zero-order valence-corrected chi connectivity index (χ0v) is 17.7. The molecule has 0 unspecified atom stereocenters. The molecule has 1 aromatic heterocycles. The van der Waals surface area contributed by atoms with Gasteiger partial charge in [0.1, 0.15) is 11.9 Å². The molecule has 2 aliphatic rings. The highest BCUT2D eigenvalue weighted by Gasteiger charge is 2.49. The Hall–Kier alpha value is -3.37. The van der Waals surface area contributed by atoms with Crippen LogP contribution in [0, 0.1) is 5.41 Å². The van der Waals surface area contributed by atoms with Crippen LogP contribution in [-0.2, 0) is 16.1 Å². The summed E-state index contributed by atoms with van der Waals surface area (Å²) in [7, 11) is 0. The average Bonchev–Trinajstić information content (AvgIpc) is 3.10. The summed E-state index contributed by atoms with van der Waals surface area (Å²) in [6.07, 6.45) is 2.00. The number of amides is 2. The van der Waals surface area contributed by atoms with E-state index in [4.69, 9.17) is 4.74 Å². The van der Waals surface area contributed by atoms with Gasteiger partial charge in [0.25, 0.3) is 0 Å². The maximum atomic E-state index is 13.2. The molecule has 1 aromatic carbocycles. The third-order valence-electron chi connectivity index (χ3n) is 6.09. The minimum atomic E-state index is -4.76. The lowest BCUT2D eigenvalue weighted by atomic mass is 9.72. The average molecular weight is 464 g/mol. The molecule has 176 valence electrons. The van der Waals surface area contributed by atoms with Crippen LogP contribution < -0.4 is 15.0 Å². The van der Waals surface area contributed by atoms with Gasteiger partial charge in [0, 0.05) is 24.6 Å². The summed E-state index contributed by atoms with van der Waals surface area (Å²) in [5, 5.41) is 2.64. The van der Waals surface area contributed by atoms with Gasteiger partial charge in [-0.1, -0.05) is 0 Å². The molecule has 2 amide bonds. The van der Waals surface area contributed by atoms with Gasteiger partial charge in [-0.15, -0.1) is 13.2 Å². The van der Waals surface area contributed by atoms with E-state index >= 15 is 0 Å². The second kappa shape index (κ2) is 9.24. The fourth-order valence-electron chi connectivity index (χ4n) is 4.40. The number of carbonyl (C=O) groups excluding carboxylic acids is 2. The van der Waals surface area contributed by atoms with E-state index in [0.29, 0.717) is 50.0 Å². The number of nitrogens with zero attached hydrogens (tertiary/aromatic N) is 3. The van der Waals surface area contributed by atoms with Crippen molar-refractivity contribution in [3.63, 3.8) is 0 Å². The number of aromatic nitrogens is 2. The van der Waals surface area contributed by atoms with Gasteiger partial charge in [-0.3, -0.25) is 14.8 Å². The van der Waals surface area contributed by atoms with Crippen LogP contribution in [0.15, 0.2) is 42.9 Å². The number of halogens is 3. The van der Waals surface area contributed by atoms with Gasteiger partial charge in [-0.2, -0.15) is 0 Å². The van der Waals surface area contributed by atoms with E-state index in [2.05, 4.69) is 20.0 Å². The summed E-state index contributed by atoms with van der Waals surface area (Å²) in [5.74, 6) is -0.375. The van der Waals surface area contributed by atoms with E-state index < -0.39 is 17.9 Å². The number of benzene rings is 1. The zero-order chi connectivity index (χ0) is 23.5. The van der Waals surface area contributed by atoms with Crippen LogP contribution in [0.4, 0.5) is 23.7 Å². The molecule has 0 atom stereocenters. The summed E-state index contributed by atoms with van der Waals surface area (Å²) < 4.78 is 46.4. The summed E-state index contributed by atoms with van der Waals surface area (Å²) in [6, 6.07) is 5.30. The van der Waals surface area contributed by atoms with E-state index in [1.54, 1.807) is 17.3 Å². The van der Waals surface area contributed by atoms with Gasteiger partial charge in [-0.05, 0) is 56.4 Å². The number of alkyl halides is 3. The van der Waals surface area contributed by atoms with Crippen molar-refractivity contribution in [3.05, 3.63) is 48.5 Å². The van der Waals surface area contributed by atoms with Crippen molar-refractivity contribution >= 4 is 17.7 Å². The lowest BCUT2D eigenvalue weighted by molar-refractivity contribution is -0.274. The molecule has 2 fully saturated rings. The maximum absolute atomic E-state index is 13.2. The second-order valence-electron chi connectivity index (χ2n) is 8.18. The molecule has 1 N–H and O–H groups in total. The van der Waals surface area contributed by atoms with Crippen LogP contribution in [0.25, 0.3) is 0 Å². The van der Waals surface area contributed by atoms with Crippen LogP contribution in [0.1, 0.15) is 37.8 Å². The van der Waals surface area contributed by atoms with Gasteiger partial charge in [0.15, 0.2) is 0 Å². The fourth-order valence-corrected chi connectivity index (χ4v) is 4.40. The van der Waals surface area contributed by atoms with E-state index in [-0.39, 0.29) is 24.3 Å². The smallest absolute Gasteiger partial charge is 0.446 e. The summed E-state index contributed by atoms with van der Waals surface area (Å²) in [6.45, 7) is 0.700. The Balaban J connectivity index is 1.28. The number of carbonyl (C=O) groups is 2. The van der Waals surface area contributed by atoms with Crippen LogP contribution in [0.2, 0.25) is 0 Å². The van der Waals surface area contributed by atoms with E-state index in [0.717, 1.165) is 0 Å². The minimum absolute atomic E-state index is 0.0439. The first-order valence-electron chi connectivity index (χ1n) is 10.6. The number of hydrogen-bond donors (Lipinski definition) is 1. The van der Waals surface area contributed by atoms with Crippen molar-refractivity contribution in [1.82, 2.24) is 15.3 Å². The number of anilines is 1. The predicted octanol–water partition coefficient (Wildman–Crippen LogP) is 3.97. The maximum Gasteiger partial charge on any atom is 0.573 e. The molecule has 1 saturated heterocycles. The van der Waals surface area contributed by atoms with Crippen molar-refractivity contribution in [1.29, 1.82) is 0 Å². The quantitative estimate of drug-likeness (QED) is 0.720. The van der Waals surface area contributed by atoms with Gasteiger partial charge >= 0.3 is 12.5 Å². The van der Waals surface area contributed by atoms with Crippen LogP contribution in [0.5, 0.6) is 5.75 Å². The highest BCUT2D eigenvalue weighted by atomic mass is 19.4. The first-order valence-corrected chi connectivity index (χ1v) is 10.6. The molecule has 11 heteroatoms. The van der Waals surface area contributed by atoms with Crippen molar-refractivity contribution < 1.29 is 32.2 Å². The molecule has 4 rings (SSSR count). The van der Waals surface area contributed by atoms with Crippen molar-refractivity contribution in [2.24, 2.45) is 5.41 Å². The molecule has 2 heterocycles. The lowest BCUT2D eigenvalue weighted by Crippen LogP contribution is -2.40. The van der Waals surface area contributed by atoms with Gasteiger partial charge < -0.3 is 19.7 Å². The number of ether oxygens (including phenoxy) is 2. The molecular formula is C22H23F3N4O4. The van der Waals surface area contributed by atoms with Crippen LogP contribution in [0.3, 0.4) is 0 Å². The fraction of sp³-hybridized carbons (Fsp3) is 0.455. The minimum Gasteiger partial charge on any atom is -0.446 e. The zero-order valence-electron chi connectivity index (χ0n) is 17.7. The molecule has 2 aromatic rings. The lowest BCUT2D eigenvalue weighted by Gasteiger charge is -2.35. The highest BCUT2D eigenvalue weighted by Crippen LogP contribution is 2.46. The largest absolute Gasteiger partial charge is 0.573 e. The number of nitrogens with one attached hydrogen (secondary N) is 1. The third kappa shape index (κ3) is 5.52. The monoisotopic (exact) mass is 464 g/mol. The summed E-state index contributed by atoms with van der Waals surface area (Å²) in [5.41, 5.74) is 0.622. The molecule has 1 aliphatic heterocycles. The van der Waals surface area contributed by atoms with Crippen molar-refractivity contribution in [2.75, 3.05) is 11.4 Å². The van der Waals surface area contributed by atoms with E-state index in [1.807, 2.05) is 0 Å². The second-order valence-corrected chi connectivity index (χ2v) is 8.18. The topological polar surface area (TPSA) is 93.7 Å². The SMILES string of the molecule is O=C(NCc1cnccn1)O[C@H]1CC[C@@]2(CCN(c3ccc(OC(F)(F)F)cc3)C2=O)CC1. The summed E-state index contributed by atoms with van der Waals surface area (Å²) in [4.78, 5) is 34.9. The number of rotatable bonds is 5. The third-order valence-corrected chi connectivity index (χ3v) is 6.09. The Morgan fingerprint density at radius 1 is 1.15 bits per heavy atom. The molecule has 0 radical (unpaired) electrons. The molecule has 1 saturated carbocycles. The highest BCUT2D eigenvalue weighted by molar-refractivity contribution is 6.00. The van der Waals surface area contributed by atoms with Gasteiger partial charge in [0.2, 0.25) is 5.91 Å². The Bertz CT molecular complexity index is 977. The van der Waals surface area contributed by atoms with Crippen LogP contribution in [-0.4, -0.2) is 41.0 Å².